The molecule has 15 heavy (non-hydrogen) atoms. The number of nitrogens with zero attached hydrogens (tertiary/aromatic N) is 1. The van der Waals surface area contributed by atoms with E-state index < -0.39 is 0 Å². The van der Waals surface area contributed by atoms with Crippen molar-refractivity contribution in [3.05, 3.63) is 35.0 Å². The second-order valence-electron chi connectivity index (χ2n) is 3.37. The van der Waals surface area contributed by atoms with E-state index >= 15 is 0 Å². The fourth-order valence-corrected chi connectivity index (χ4v) is 1.20. The predicted octanol–water partition coefficient (Wildman–Crippen LogP) is 2.54. The SMILES string of the molecule is C=C(C)CCOc1cc(CN)c(Cl)cn1. The Kier molecular flexibility index (Phi) is 4.59. The normalized spacial score (nSPS) is 10.1. The molecule has 0 saturated heterocycles. The summed E-state index contributed by atoms with van der Waals surface area (Å²) < 4.78 is 5.43. The summed E-state index contributed by atoms with van der Waals surface area (Å²) in [5.74, 6) is 0.557. The average Bonchev–Trinajstić information content (AvgIpc) is 2.20. The predicted molar refractivity (Wildman–Crippen MR) is 62.1 cm³/mol. The summed E-state index contributed by atoms with van der Waals surface area (Å²) >= 11 is 5.87. The highest BCUT2D eigenvalue weighted by Gasteiger charge is 2.02. The third kappa shape index (κ3) is 3.90. The number of rotatable bonds is 5. The molecule has 0 aromatic carbocycles. The molecule has 1 heterocycles. The van der Waals surface area contributed by atoms with Gasteiger partial charge in [-0.3, -0.25) is 0 Å². The zero-order valence-electron chi connectivity index (χ0n) is 8.79. The maximum absolute atomic E-state index is 5.87. The minimum Gasteiger partial charge on any atom is -0.477 e. The Morgan fingerprint density at radius 1 is 1.67 bits per heavy atom. The Balaban J connectivity index is 2.58. The van der Waals surface area contributed by atoms with E-state index in [-0.39, 0.29) is 0 Å². The summed E-state index contributed by atoms with van der Waals surface area (Å²) in [5, 5.41) is 0.574. The lowest BCUT2D eigenvalue weighted by molar-refractivity contribution is 0.309. The Labute approximate surface area is 94.9 Å². The molecule has 0 aliphatic carbocycles. The second-order valence-corrected chi connectivity index (χ2v) is 3.78. The standard InChI is InChI=1S/C11H15ClN2O/c1-8(2)3-4-15-11-5-9(6-13)10(12)7-14-11/h5,7H,1,3-4,6,13H2,2H3. The lowest BCUT2D eigenvalue weighted by atomic mass is 10.2. The molecule has 82 valence electrons. The molecule has 1 rings (SSSR count). The summed E-state index contributed by atoms with van der Waals surface area (Å²) in [7, 11) is 0. The van der Waals surface area contributed by atoms with E-state index in [1.165, 1.54) is 0 Å². The van der Waals surface area contributed by atoms with E-state index in [9.17, 15) is 0 Å². The highest BCUT2D eigenvalue weighted by molar-refractivity contribution is 6.31. The zero-order valence-corrected chi connectivity index (χ0v) is 9.55. The molecule has 0 amide bonds. The Bertz CT molecular complexity index is 352. The van der Waals surface area contributed by atoms with E-state index in [1.807, 2.05) is 6.92 Å². The molecule has 2 N–H and O–H groups in total. The van der Waals surface area contributed by atoms with Gasteiger partial charge in [0.15, 0.2) is 0 Å². The van der Waals surface area contributed by atoms with Crippen LogP contribution in [0.3, 0.4) is 0 Å². The summed E-state index contributed by atoms with van der Waals surface area (Å²) in [6.07, 6.45) is 2.38. The van der Waals surface area contributed by atoms with Gasteiger partial charge in [0.2, 0.25) is 5.88 Å². The van der Waals surface area contributed by atoms with Crippen LogP contribution in [-0.4, -0.2) is 11.6 Å². The van der Waals surface area contributed by atoms with Crippen LogP contribution in [0.15, 0.2) is 24.4 Å². The molecule has 0 spiro atoms. The van der Waals surface area contributed by atoms with Gasteiger partial charge in [0.05, 0.1) is 11.6 Å². The first-order valence-corrected chi connectivity index (χ1v) is 5.13. The van der Waals surface area contributed by atoms with E-state index in [0.717, 1.165) is 17.6 Å². The van der Waals surface area contributed by atoms with Gasteiger partial charge in [-0.25, -0.2) is 4.98 Å². The molecule has 0 fully saturated rings. The van der Waals surface area contributed by atoms with Gasteiger partial charge in [-0.1, -0.05) is 17.2 Å². The van der Waals surface area contributed by atoms with Crippen molar-refractivity contribution < 1.29 is 4.74 Å². The molecule has 3 nitrogen and oxygen atoms in total. The van der Waals surface area contributed by atoms with Gasteiger partial charge in [-0.2, -0.15) is 0 Å². The molecule has 0 atom stereocenters. The van der Waals surface area contributed by atoms with Gasteiger partial charge in [0.1, 0.15) is 0 Å². The first kappa shape index (κ1) is 12.0. The number of aromatic nitrogens is 1. The molecule has 0 radical (unpaired) electrons. The van der Waals surface area contributed by atoms with Crippen molar-refractivity contribution in [2.45, 2.75) is 19.9 Å². The monoisotopic (exact) mass is 226 g/mol. The first-order chi connectivity index (χ1) is 7.13. The summed E-state index contributed by atoms with van der Waals surface area (Å²) in [6, 6.07) is 1.76. The maximum Gasteiger partial charge on any atom is 0.213 e. The minimum absolute atomic E-state index is 0.387. The highest BCUT2D eigenvalue weighted by atomic mass is 35.5. The molecular weight excluding hydrogens is 212 g/mol. The summed E-state index contributed by atoms with van der Waals surface area (Å²) in [5.41, 5.74) is 7.45. The Morgan fingerprint density at radius 3 is 3.00 bits per heavy atom. The molecule has 0 unspecified atom stereocenters. The molecule has 4 heteroatoms. The van der Waals surface area contributed by atoms with Crippen LogP contribution in [0, 0.1) is 0 Å². The van der Waals surface area contributed by atoms with Gasteiger partial charge in [-0.15, -0.1) is 6.58 Å². The van der Waals surface area contributed by atoms with E-state index in [2.05, 4.69) is 11.6 Å². The van der Waals surface area contributed by atoms with Gasteiger partial charge in [0.25, 0.3) is 0 Å². The van der Waals surface area contributed by atoms with Crippen LogP contribution in [0.2, 0.25) is 5.02 Å². The fraction of sp³-hybridized carbons (Fsp3) is 0.364. The van der Waals surface area contributed by atoms with Crippen molar-refractivity contribution in [1.29, 1.82) is 0 Å². The smallest absolute Gasteiger partial charge is 0.213 e. The first-order valence-electron chi connectivity index (χ1n) is 4.75. The third-order valence-corrected chi connectivity index (χ3v) is 2.25. The number of ether oxygens (including phenoxy) is 1. The van der Waals surface area contributed by atoms with Crippen LogP contribution in [-0.2, 0) is 6.54 Å². The number of hydrogen-bond acceptors (Lipinski definition) is 3. The fourth-order valence-electron chi connectivity index (χ4n) is 1.02. The number of nitrogens with two attached hydrogens (primary N) is 1. The number of hydrogen-bond donors (Lipinski definition) is 1. The van der Waals surface area contributed by atoms with Crippen molar-refractivity contribution in [1.82, 2.24) is 4.98 Å². The van der Waals surface area contributed by atoms with E-state index in [4.69, 9.17) is 22.1 Å². The molecule has 0 aliphatic heterocycles. The molecular formula is C11H15ClN2O. The van der Waals surface area contributed by atoms with Crippen LogP contribution >= 0.6 is 11.6 Å². The van der Waals surface area contributed by atoms with Gasteiger partial charge in [0, 0.05) is 25.2 Å². The lowest BCUT2D eigenvalue weighted by Gasteiger charge is -2.07. The Hall–Kier alpha value is -1.06. The van der Waals surface area contributed by atoms with Crippen LogP contribution in [0.4, 0.5) is 0 Å². The van der Waals surface area contributed by atoms with E-state index in [1.54, 1.807) is 12.3 Å². The summed E-state index contributed by atoms with van der Waals surface area (Å²) in [6.45, 7) is 6.72. The number of pyridine rings is 1. The average molecular weight is 227 g/mol. The van der Waals surface area contributed by atoms with Gasteiger partial charge >= 0.3 is 0 Å². The topological polar surface area (TPSA) is 48.1 Å². The van der Waals surface area contributed by atoms with Crippen LogP contribution < -0.4 is 10.5 Å². The van der Waals surface area contributed by atoms with Crippen molar-refractivity contribution in [3.8, 4) is 5.88 Å². The van der Waals surface area contributed by atoms with Crippen molar-refractivity contribution in [2.75, 3.05) is 6.61 Å². The minimum atomic E-state index is 0.387. The van der Waals surface area contributed by atoms with Crippen LogP contribution in [0.1, 0.15) is 18.9 Å². The van der Waals surface area contributed by atoms with Crippen molar-refractivity contribution in [2.24, 2.45) is 5.73 Å². The van der Waals surface area contributed by atoms with Gasteiger partial charge in [-0.05, 0) is 12.5 Å². The van der Waals surface area contributed by atoms with Crippen LogP contribution in [0.25, 0.3) is 0 Å². The van der Waals surface area contributed by atoms with Crippen LogP contribution in [0.5, 0.6) is 5.88 Å². The van der Waals surface area contributed by atoms with Gasteiger partial charge < -0.3 is 10.5 Å². The molecule has 0 aliphatic rings. The zero-order chi connectivity index (χ0) is 11.3. The van der Waals surface area contributed by atoms with E-state index in [0.29, 0.717) is 24.1 Å². The lowest BCUT2D eigenvalue weighted by Crippen LogP contribution is -2.02. The third-order valence-electron chi connectivity index (χ3n) is 1.91. The molecule has 1 aromatic heterocycles. The van der Waals surface area contributed by atoms with Crippen molar-refractivity contribution in [3.63, 3.8) is 0 Å². The Morgan fingerprint density at radius 2 is 2.40 bits per heavy atom. The highest BCUT2D eigenvalue weighted by Crippen LogP contribution is 2.18. The van der Waals surface area contributed by atoms with Crippen molar-refractivity contribution >= 4 is 11.6 Å². The number of halogens is 1. The molecule has 0 saturated carbocycles. The molecule has 0 bridgehead atoms. The quantitative estimate of drug-likeness (QED) is 0.785. The maximum atomic E-state index is 5.87. The second kappa shape index (κ2) is 5.73. The summed E-state index contributed by atoms with van der Waals surface area (Å²) in [4.78, 5) is 4.04. The largest absolute Gasteiger partial charge is 0.477 e. The molecule has 1 aromatic rings.